The number of aryl methyl sites for hydroxylation is 1. The maximum atomic E-state index is 12.9. The Labute approximate surface area is 180 Å². The van der Waals surface area contributed by atoms with E-state index in [0.717, 1.165) is 48.9 Å². The topological polar surface area (TPSA) is 96.3 Å². The molecule has 2 aliphatic rings. The van der Waals surface area contributed by atoms with Gasteiger partial charge in [-0.3, -0.25) is 9.89 Å². The Kier molecular flexibility index (Phi) is 4.58. The number of anilines is 1. The molecule has 2 fully saturated rings. The molecule has 8 heteroatoms. The molecule has 0 amide bonds. The minimum absolute atomic E-state index is 0.0619. The Bertz CT molecular complexity index is 1190. The van der Waals surface area contributed by atoms with Crippen LogP contribution in [0.1, 0.15) is 46.0 Å². The molecule has 2 N–H and O–H groups in total. The van der Waals surface area contributed by atoms with Gasteiger partial charge in [0, 0.05) is 25.5 Å². The zero-order valence-corrected chi connectivity index (χ0v) is 18.3. The number of hydrogen-bond acceptors (Lipinski definition) is 6. The summed E-state index contributed by atoms with van der Waals surface area (Å²) in [5.74, 6) is 0.815. The first-order valence-corrected chi connectivity index (χ1v) is 11.0. The summed E-state index contributed by atoms with van der Waals surface area (Å²) in [4.78, 5) is 15.0. The van der Waals surface area contributed by atoms with Crippen molar-refractivity contribution < 1.29 is 9.84 Å². The van der Waals surface area contributed by atoms with Gasteiger partial charge in [-0.2, -0.15) is 10.2 Å². The van der Waals surface area contributed by atoms with Crippen molar-refractivity contribution in [1.29, 1.82) is 0 Å². The van der Waals surface area contributed by atoms with Gasteiger partial charge in [-0.1, -0.05) is 0 Å². The van der Waals surface area contributed by atoms with Gasteiger partial charge in [0.25, 0.3) is 5.56 Å². The number of aromatic amines is 1. The molecule has 0 spiro atoms. The van der Waals surface area contributed by atoms with E-state index in [1.807, 2.05) is 31.2 Å². The van der Waals surface area contributed by atoms with Crippen LogP contribution in [0.25, 0.3) is 22.3 Å². The molecule has 3 aromatic rings. The van der Waals surface area contributed by atoms with Crippen molar-refractivity contribution in [3.8, 4) is 17.1 Å². The normalized spacial score (nSPS) is 23.0. The van der Waals surface area contributed by atoms with Gasteiger partial charge in [0.05, 0.1) is 11.1 Å². The van der Waals surface area contributed by atoms with Crippen LogP contribution in [0.2, 0.25) is 0 Å². The van der Waals surface area contributed by atoms with Gasteiger partial charge >= 0.3 is 0 Å². The summed E-state index contributed by atoms with van der Waals surface area (Å²) in [5.41, 5.74) is 1.92. The van der Waals surface area contributed by atoms with E-state index in [2.05, 4.69) is 27.1 Å². The molecule has 1 aromatic carbocycles. The van der Waals surface area contributed by atoms with E-state index in [-0.39, 0.29) is 11.2 Å². The van der Waals surface area contributed by atoms with Crippen LogP contribution in [0, 0.1) is 0 Å². The van der Waals surface area contributed by atoms with E-state index < -0.39 is 5.60 Å². The van der Waals surface area contributed by atoms with Crippen LogP contribution in [0.5, 0.6) is 5.75 Å². The predicted octanol–water partition coefficient (Wildman–Crippen LogP) is 3.00. The average molecular weight is 424 g/mol. The number of ether oxygens (including phenoxy) is 1. The molecule has 1 atom stereocenters. The number of nitrogens with one attached hydrogen (secondary N) is 1. The largest absolute Gasteiger partial charge is 0.488 e. The Morgan fingerprint density at radius 2 is 1.94 bits per heavy atom. The third-order valence-corrected chi connectivity index (χ3v) is 6.54. The number of rotatable bonds is 4. The highest BCUT2D eigenvalue weighted by atomic mass is 16.5. The fourth-order valence-corrected chi connectivity index (χ4v) is 4.25. The van der Waals surface area contributed by atoms with Crippen LogP contribution in [-0.4, -0.2) is 49.4 Å². The van der Waals surface area contributed by atoms with Crippen molar-refractivity contribution in [2.45, 2.75) is 57.2 Å². The predicted molar refractivity (Wildman–Crippen MR) is 120 cm³/mol. The van der Waals surface area contributed by atoms with Crippen molar-refractivity contribution in [1.82, 2.24) is 20.0 Å². The molecule has 1 saturated carbocycles. The van der Waals surface area contributed by atoms with Gasteiger partial charge in [-0.15, -0.1) is 0 Å². The van der Waals surface area contributed by atoms with Crippen molar-refractivity contribution in [3.05, 3.63) is 34.6 Å². The zero-order valence-electron chi connectivity index (χ0n) is 18.3. The first-order chi connectivity index (χ1) is 14.7. The zero-order chi connectivity index (χ0) is 21.8. The third kappa shape index (κ3) is 3.92. The summed E-state index contributed by atoms with van der Waals surface area (Å²) < 4.78 is 7.50. The Balaban J connectivity index is 1.54. The molecule has 0 radical (unpaired) electrons. The van der Waals surface area contributed by atoms with Crippen molar-refractivity contribution in [3.63, 3.8) is 0 Å². The SMILES string of the molecule is Cn1nc(-c2n[nH]c3ccc(OC4(C)CC4)cc23)cc(N2CCCC(C)(O)CC2)c1=O. The number of benzene rings is 1. The van der Waals surface area contributed by atoms with Gasteiger partial charge in [0.2, 0.25) is 0 Å². The van der Waals surface area contributed by atoms with Gasteiger partial charge < -0.3 is 14.7 Å². The van der Waals surface area contributed by atoms with Gasteiger partial charge in [0.15, 0.2) is 0 Å². The smallest absolute Gasteiger partial charge is 0.290 e. The highest BCUT2D eigenvalue weighted by Crippen LogP contribution is 2.40. The van der Waals surface area contributed by atoms with Crippen molar-refractivity contribution in [2.24, 2.45) is 7.05 Å². The number of aromatic nitrogens is 4. The molecule has 1 saturated heterocycles. The van der Waals surface area contributed by atoms with Crippen LogP contribution in [-0.2, 0) is 7.05 Å². The Morgan fingerprint density at radius 1 is 1.13 bits per heavy atom. The minimum Gasteiger partial charge on any atom is -0.488 e. The van der Waals surface area contributed by atoms with E-state index in [4.69, 9.17) is 4.74 Å². The number of hydrogen-bond donors (Lipinski definition) is 2. The second kappa shape index (κ2) is 7.09. The molecule has 2 aromatic heterocycles. The fraction of sp³-hybridized carbons (Fsp3) is 0.522. The maximum Gasteiger partial charge on any atom is 0.290 e. The first kappa shape index (κ1) is 20.1. The number of nitrogens with zero attached hydrogens (tertiary/aromatic N) is 4. The van der Waals surface area contributed by atoms with Crippen molar-refractivity contribution >= 4 is 16.6 Å². The van der Waals surface area contributed by atoms with E-state index >= 15 is 0 Å². The summed E-state index contributed by atoms with van der Waals surface area (Å²) in [5, 5.41) is 23.4. The lowest BCUT2D eigenvalue weighted by Crippen LogP contribution is -2.34. The molecule has 3 heterocycles. The molecular formula is C23H29N5O3. The van der Waals surface area contributed by atoms with Crippen molar-refractivity contribution in [2.75, 3.05) is 18.0 Å². The first-order valence-electron chi connectivity index (χ1n) is 11.0. The number of fused-ring (bicyclic) bond motifs is 1. The van der Waals surface area contributed by atoms with E-state index in [1.165, 1.54) is 4.68 Å². The second-order valence-electron chi connectivity index (χ2n) is 9.51. The monoisotopic (exact) mass is 423 g/mol. The van der Waals surface area contributed by atoms with Crippen LogP contribution in [0.3, 0.4) is 0 Å². The molecular weight excluding hydrogens is 394 g/mol. The van der Waals surface area contributed by atoms with E-state index in [1.54, 1.807) is 7.05 Å². The lowest BCUT2D eigenvalue weighted by Gasteiger charge is -2.24. The summed E-state index contributed by atoms with van der Waals surface area (Å²) in [6.07, 6.45) is 4.32. The molecule has 31 heavy (non-hydrogen) atoms. The molecule has 5 rings (SSSR count). The second-order valence-corrected chi connectivity index (χ2v) is 9.51. The highest BCUT2D eigenvalue weighted by molar-refractivity contribution is 5.93. The molecule has 1 aliphatic carbocycles. The van der Waals surface area contributed by atoms with Crippen LogP contribution < -0.4 is 15.2 Å². The minimum atomic E-state index is -0.692. The quantitative estimate of drug-likeness (QED) is 0.670. The summed E-state index contributed by atoms with van der Waals surface area (Å²) >= 11 is 0. The summed E-state index contributed by atoms with van der Waals surface area (Å²) in [6.45, 7) is 5.34. The molecule has 1 unspecified atom stereocenters. The Hall–Kier alpha value is -2.87. The number of aliphatic hydroxyl groups is 1. The van der Waals surface area contributed by atoms with E-state index in [9.17, 15) is 9.90 Å². The third-order valence-electron chi connectivity index (χ3n) is 6.54. The van der Waals surface area contributed by atoms with Crippen LogP contribution in [0.4, 0.5) is 5.69 Å². The van der Waals surface area contributed by atoms with Gasteiger partial charge in [-0.25, -0.2) is 4.68 Å². The lowest BCUT2D eigenvalue weighted by molar-refractivity contribution is 0.0481. The average Bonchev–Trinajstić information content (AvgIpc) is 3.34. The van der Waals surface area contributed by atoms with E-state index in [0.29, 0.717) is 30.0 Å². The molecule has 1 aliphatic heterocycles. The fourth-order valence-electron chi connectivity index (χ4n) is 4.25. The number of H-pyrrole nitrogens is 1. The molecule has 164 valence electrons. The highest BCUT2D eigenvalue weighted by Gasteiger charge is 2.40. The standard InChI is InChI=1S/C23H29N5O3/c1-22(30)7-4-11-28(12-10-22)19-14-18(26-27(3)21(19)29)20-16-13-15(31-23(2)8-9-23)5-6-17(16)24-25-20/h5-6,13-14,30H,4,7-12H2,1-3H3,(H,24,25). The van der Waals surface area contributed by atoms with Crippen LogP contribution in [0.15, 0.2) is 29.1 Å². The Morgan fingerprint density at radius 3 is 2.71 bits per heavy atom. The molecule has 8 nitrogen and oxygen atoms in total. The maximum absolute atomic E-state index is 12.9. The molecule has 0 bridgehead atoms. The summed E-state index contributed by atoms with van der Waals surface area (Å²) in [7, 11) is 1.67. The van der Waals surface area contributed by atoms with Crippen LogP contribution >= 0.6 is 0 Å². The summed E-state index contributed by atoms with van der Waals surface area (Å²) in [6, 6.07) is 7.74. The van der Waals surface area contributed by atoms with Gasteiger partial charge in [0.1, 0.15) is 28.4 Å². The van der Waals surface area contributed by atoms with Gasteiger partial charge in [-0.05, 0) is 70.2 Å². The lowest BCUT2D eigenvalue weighted by atomic mass is 9.98.